The fraction of sp³-hybridized carbons (Fsp3) is 0.556. The van der Waals surface area contributed by atoms with Crippen molar-refractivity contribution in [3.05, 3.63) is 35.4 Å². The number of hydrogen-bond donors (Lipinski definition) is 2. The van der Waals surface area contributed by atoms with Crippen molar-refractivity contribution in [1.82, 2.24) is 0 Å². The number of nitrogens with one attached hydrogen (secondary N) is 1. The topological polar surface area (TPSA) is 79.6 Å². The summed E-state index contributed by atoms with van der Waals surface area (Å²) in [4.78, 5) is 10.8. The summed E-state index contributed by atoms with van der Waals surface area (Å²) in [7, 11) is 0. The van der Waals surface area contributed by atoms with Crippen molar-refractivity contribution < 1.29 is 19.4 Å². The van der Waals surface area contributed by atoms with Crippen molar-refractivity contribution in [1.29, 1.82) is 5.41 Å². The zero-order valence-electron chi connectivity index (χ0n) is 13.1. The summed E-state index contributed by atoms with van der Waals surface area (Å²) < 4.78 is 11.3. The molecule has 3 rings (SSSR count). The van der Waals surface area contributed by atoms with Crippen LogP contribution in [0.5, 0.6) is 0 Å². The van der Waals surface area contributed by atoms with Gasteiger partial charge in [0.25, 0.3) is 0 Å². The average Bonchev–Trinajstić information content (AvgIpc) is 3.14. The molecule has 0 aromatic heterocycles. The van der Waals surface area contributed by atoms with E-state index in [1.165, 1.54) is 5.56 Å². The highest BCUT2D eigenvalue weighted by molar-refractivity contribution is 5.67. The van der Waals surface area contributed by atoms with E-state index in [2.05, 4.69) is 6.07 Å². The Hall–Kier alpha value is -1.88. The molecule has 0 amide bonds. The quantitative estimate of drug-likeness (QED) is 0.570. The molecular weight excluding hydrogens is 294 g/mol. The lowest BCUT2D eigenvalue weighted by molar-refractivity contribution is -0.136. The zero-order chi connectivity index (χ0) is 16.2. The van der Waals surface area contributed by atoms with Crippen LogP contribution in [0.1, 0.15) is 30.4 Å². The average molecular weight is 317 g/mol. The van der Waals surface area contributed by atoms with E-state index in [4.69, 9.17) is 20.0 Å². The number of benzene rings is 1. The normalized spacial score (nSPS) is 28.7. The molecule has 4 atom stereocenters. The molecule has 0 unspecified atom stereocenters. The van der Waals surface area contributed by atoms with E-state index < -0.39 is 5.97 Å². The first-order valence-electron chi connectivity index (χ1n) is 8.23. The molecule has 0 radical (unpaired) electrons. The van der Waals surface area contributed by atoms with Gasteiger partial charge in [0.05, 0.1) is 18.8 Å². The second kappa shape index (κ2) is 7.13. The van der Waals surface area contributed by atoms with Gasteiger partial charge in [0.2, 0.25) is 0 Å². The highest BCUT2D eigenvalue weighted by Crippen LogP contribution is 2.45. The van der Waals surface area contributed by atoms with Gasteiger partial charge in [-0.1, -0.05) is 24.3 Å². The van der Waals surface area contributed by atoms with Crippen LogP contribution in [0.3, 0.4) is 0 Å². The van der Waals surface area contributed by atoms with Gasteiger partial charge in [-0.15, -0.1) is 0 Å². The van der Waals surface area contributed by atoms with E-state index in [1.54, 1.807) is 0 Å². The lowest BCUT2D eigenvalue weighted by Gasteiger charge is -2.28. The third-order valence-electron chi connectivity index (χ3n) is 5.14. The monoisotopic (exact) mass is 317 g/mol. The zero-order valence-corrected chi connectivity index (χ0v) is 13.1. The molecule has 23 heavy (non-hydrogen) atoms. The van der Waals surface area contributed by atoms with Crippen molar-refractivity contribution in [3.8, 4) is 0 Å². The Bertz CT molecular complexity index is 574. The lowest BCUT2D eigenvalue weighted by Crippen LogP contribution is -2.32. The second-order valence-corrected chi connectivity index (χ2v) is 6.44. The first kappa shape index (κ1) is 16.0. The minimum absolute atomic E-state index is 0.157. The van der Waals surface area contributed by atoms with Crippen molar-refractivity contribution >= 4 is 12.4 Å². The standard InChI is InChI=1S/C18H23NO4/c19-11-22-10-15-14(16-6-7-17(15)23-16)9-13-4-2-1-3-12(13)5-8-18(20)21/h1-4,11,14-17,19H,5-10H2,(H,20,21)/t14-,15+,16+,17-/m1/s1. The summed E-state index contributed by atoms with van der Waals surface area (Å²) in [6, 6.07) is 8.09. The highest BCUT2D eigenvalue weighted by atomic mass is 16.5. The van der Waals surface area contributed by atoms with Crippen molar-refractivity contribution in [3.63, 3.8) is 0 Å². The number of carboxylic acid groups (broad SMARTS) is 1. The molecule has 2 fully saturated rings. The molecule has 2 aliphatic heterocycles. The van der Waals surface area contributed by atoms with Gasteiger partial charge in [0.15, 0.2) is 6.40 Å². The van der Waals surface area contributed by atoms with Gasteiger partial charge in [-0.2, -0.15) is 0 Å². The minimum Gasteiger partial charge on any atom is -0.483 e. The van der Waals surface area contributed by atoms with Crippen molar-refractivity contribution in [2.24, 2.45) is 11.8 Å². The Morgan fingerprint density at radius 2 is 1.96 bits per heavy atom. The SMILES string of the molecule is N=COC[C@H]1[C@@H](Cc2ccccc2CCC(=O)O)[C@@H]2CC[C@H]1O2. The molecule has 2 heterocycles. The predicted octanol–water partition coefficient (Wildman–Crippen LogP) is 2.66. The van der Waals surface area contributed by atoms with E-state index in [0.29, 0.717) is 24.9 Å². The number of fused-ring (bicyclic) bond motifs is 2. The molecule has 2 aliphatic rings. The molecule has 2 saturated heterocycles. The van der Waals surface area contributed by atoms with E-state index in [9.17, 15) is 4.79 Å². The van der Waals surface area contributed by atoms with E-state index in [0.717, 1.165) is 31.2 Å². The summed E-state index contributed by atoms with van der Waals surface area (Å²) in [6.45, 7) is 0.534. The lowest BCUT2D eigenvalue weighted by atomic mass is 9.76. The summed E-state index contributed by atoms with van der Waals surface area (Å²) in [5.41, 5.74) is 2.33. The number of ether oxygens (including phenoxy) is 2. The maximum absolute atomic E-state index is 10.8. The molecule has 0 aliphatic carbocycles. The molecule has 5 nitrogen and oxygen atoms in total. The third-order valence-corrected chi connectivity index (χ3v) is 5.14. The molecular formula is C18H23NO4. The second-order valence-electron chi connectivity index (χ2n) is 6.44. The van der Waals surface area contributed by atoms with Gasteiger partial charge in [0, 0.05) is 12.3 Å². The number of rotatable bonds is 8. The fourth-order valence-corrected chi connectivity index (χ4v) is 4.04. The van der Waals surface area contributed by atoms with Crippen LogP contribution in [0.25, 0.3) is 0 Å². The number of aliphatic carboxylic acids is 1. The van der Waals surface area contributed by atoms with E-state index >= 15 is 0 Å². The third kappa shape index (κ3) is 3.55. The number of carbonyl (C=O) groups is 1. The molecule has 1 aromatic carbocycles. The van der Waals surface area contributed by atoms with Crippen LogP contribution >= 0.6 is 0 Å². The van der Waals surface area contributed by atoms with Gasteiger partial charge in [0.1, 0.15) is 0 Å². The molecule has 0 saturated carbocycles. The molecule has 2 N–H and O–H groups in total. The van der Waals surface area contributed by atoms with Crippen LogP contribution in [-0.2, 0) is 27.1 Å². The number of aryl methyl sites for hydroxylation is 1. The van der Waals surface area contributed by atoms with Gasteiger partial charge in [-0.25, -0.2) is 0 Å². The summed E-state index contributed by atoms with van der Waals surface area (Å²) >= 11 is 0. The maximum atomic E-state index is 10.8. The first-order chi connectivity index (χ1) is 11.2. The minimum atomic E-state index is -0.764. The largest absolute Gasteiger partial charge is 0.483 e. The Balaban J connectivity index is 1.72. The fourth-order valence-electron chi connectivity index (χ4n) is 4.04. The van der Waals surface area contributed by atoms with Crippen molar-refractivity contribution in [2.45, 2.75) is 44.3 Å². The summed E-state index contributed by atoms with van der Waals surface area (Å²) in [5, 5.41) is 16.0. The van der Waals surface area contributed by atoms with Crippen LogP contribution in [-0.4, -0.2) is 36.3 Å². The van der Waals surface area contributed by atoms with Gasteiger partial charge < -0.3 is 14.6 Å². The van der Waals surface area contributed by atoms with Crippen LogP contribution in [0.4, 0.5) is 0 Å². The molecule has 5 heteroatoms. The Morgan fingerprint density at radius 3 is 2.65 bits per heavy atom. The van der Waals surface area contributed by atoms with Crippen LogP contribution in [0.2, 0.25) is 0 Å². The summed E-state index contributed by atoms with van der Waals surface area (Å²) in [6.07, 6.45) is 5.30. The molecule has 124 valence electrons. The van der Waals surface area contributed by atoms with Gasteiger partial charge in [-0.3, -0.25) is 10.2 Å². The highest BCUT2D eigenvalue weighted by Gasteiger charge is 2.48. The smallest absolute Gasteiger partial charge is 0.303 e. The summed E-state index contributed by atoms with van der Waals surface area (Å²) in [5.74, 6) is -0.0529. The van der Waals surface area contributed by atoms with E-state index in [1.807, 2.05) is 18.2 Å². The first-order valence-corrected chi connectivity index (χ1v) is 8.23. The number of hydrogen-bond acceptors (Lipinski definition) is 4. The van der Waals surface area contributed by atoms with Crippen LogP contribution in [0.15, 0.2) is 24.3 Å². The van der Waals surface area contributed by atoms with Crippen LogP contribution < -0.4 is 0 Å². The van der Waals surface area contributed by atoms with E-state index in [-0.39, 0.29) is 18.6 Å². The number of carboxylic acids is 1. The van der Waals surface area contributed by atoms with Crippen LogP contribution in [0, 0.1) is 17.2 Å². The maximum Gasteiger partial charge on any atom is 0.303 e. The Morgan fingerprint density at radius 1 is 1.26 bits per heavy atom. The Kier molecular flexibility index (Phi) is 4.96. The molecule has 0 spiro atoms. The van der Waals surface area contributed by atoms with Gasteiger partial charge in [-0.05, 0) is 42.7 Å². The predicted molar refractivity (Wildman–Crippen MR) is 85.7 cm³/mol. The Labute approximate surface area is 136 Å². The molecule has 1 aromatic rings. The molecule has 2 bridgehead atoms. The van der Waals surface area contributed by atoms with Gasteiger partial charge >= 0.3 is 5.97 Å². The van der Waals surface area contributed by atoms with Crippen molar-refractivity contribution in [2.75, 3.05) is 6.61 Å².